The molecule has 2 heteroatoms. The van der Waals surface area contributed by atoms with E-state index in [1.807, 2.05) is 18.2 Å². The Morgan fingerprint density at radius 2 is 1.02 bits per heavy atom. The molecule has 0 amide bonds. The fraction of sp³-hybridized carbons (Fsp3) is 0.0600. The smallest absolute Gasteiger partial charge is 0.0361 e. The molecule has 0 spiro atoms. The minimum Gasteiger partial charge on any atom is -0.308 e. The summed E-state index contributed by atoms with van der Waals surface area (Å²) in [5.74, 6) is 0.701. The molecular weight excluding hydrogens is 647 g/mol. The molecule has 250 valence electrons. The molecule has 1 aromatic heterocycles. The zero-order valence-corrected chi connectivity index (χ0v) is 29.8. The summed E-state index contributed by atoms with van der Waals surface area (Å²) < 4.78 is 2.49. The lowest BCUT2D eigenvalue weighted by Crippen LogP contribution is -2.01. The Kier molecular flexibility index (Phi) is 9.82. The van der Waals surface area contributed by atoms with Crippen LogP contribution in [0.15, 0.2) is 194 Å². The number of allylic oxidation sites excluding steroid dienone is 4. The van der Waals surface area contributed by atoms with Crippen LogP contribution >= 0.6 is 11.3 Å². The van der Waals surface area contributed by atoms with Crippen LogP contribution < -0.4 is 0 Å². The van der Waals surface area contributed by atoms with Crippen molar-refractivity contribution in [3.63, 3.8) is 0 Å². The van der Waals surface area contributed by atoms with E-state index in [9.17, 15) is 0 Å². The molecule has 52 heavy (non-hydrogen) atoms. The average Bonchev–Trinajstić information content (AvgIpc) is 3.61. The van der Waals surface area contributed by atoms with Gasteiger partial charge in [0.25, 0.3) is 0 Å². The van der Waals surface area contributed by atoms with Crippen molar-refractivity contribution in [2.24, 2.45) is 5.92 Å². The molecule has 1 N–H and O–H groups in total. The van der Waals surface area contributed by atoms with Gasteiger partial charge in [0.05, 0.1) is 0 Å². The number of thiophene rings is 1. The summed E-state index contributed by atoms with van der Waals surface area (Å²) in [7, 11) is 0. The number of hydrogen-bond acceptors (Lipinski definition) is 2. The van der Waals surface area contributed by atoms with Gasteiger partial charge in [-0.3, -0.25) is 0 Å². The van der Waals surface area contributed by atoms with Gasteiger partial charge in [0.2, 0.25) is 0 Å². The van der Waals surface area contributed by atoms with Crippen molar-refractivity contribution in [1.29, 1.82) is 5.41 Å². The SMILES string of the molecule is C1=CCC(Cc2ccccc2)C=C1.N=Cc1cccc2sc3ccc(-c4ccc(-c5ccc(-c6ccc(-c7ccccc7)cc6)cc5)cc4)cc3c12. The molecule has 0 saturated heterocycles. The van der Waals surface area contributed by atoms with Crippen molar-refractivity contribution in [2.75, 3.05) is 0 Å². The third-order valence-corrected chi connectivity index (χ3v) is 11.0. The predicted molar refractivity (Wildman–Crippen MR) is 225 cm³/mol. The first-order valence-electron chi connectivity index (χ1n) is 17.9. The van der Waals surface area contributed by atoms with Gasteiger partial charge in [0.15, 0.2) is 0 Å². The van der Waals surface area contributed by atoms with Gasteiger partial charge in [-0.05, 0) is 87.0 Å². The highest BCUT2D eigenvalue weighted by Crippen LogP contribution is 2.38. The van der Waals surface area contributed by atoms with Gasteiger partial charge in [0.1, 0.15) is 0 Å². The number of fused-ring (bicyclic) bond motifs is 3. The van der Waals surface area contributed by atoms with Crippen molar-refractivity contribution < 1.29 is 0 Å². The van der Waals surface area contributed by atoms with Crippen LogP contribution in [0.25, 0.3) is 64.7 Å². The summed E-state index contributed by atoms with van der Waals surface area (Å²) >= 11 is 1.79. The normalized spacial score (nSPS) is 13.5. The molecule has 1 heterocycles. The van der Waals surface area contributed by atoms with Gasteiger partial charge < -0.3 is 5.41 Å². The van der Waals surface area contributed by atoms with E-state index < -0.39 is 0 Å². The van der Waals surface area contributed by atoms with Crippen molar-refractivity contribution in [3.8, 4) is 44.5 Å². The zero-order chi connectivity index (χ0) is 35.1. The lowest BCUT2D eigenvalue weighted by molar-refractivity contribution is 0.653. The summed E-state index contributed by atoms with van der Waals surface area (Å²) in [4.78, 5) is 0. The van der Waals surface area contributed by atoms with Crippen LogP contribution in [0.3, 0.4) is 0 Å². The standard InChI is InChI=1S/C37H25NS.C13H14/c38-24-33-7-4-8-36-37(33)34-23-32(21-22-35(34)39-36)31-19-17-30(18-20-31)29-15-13-28(14-16-29)27-11-9-26(10-12-27)25-5-2-1-3-6-25;1-3-7-12(8-4-1)11-13-9-5-2-6-10-13/h1-24,38H;1-9,13H,10-11H2. The highest BCUT2D eigenvalue weighted by Gasteiger charge is 2.10. The van der Waals surface area contributed by atoms with Crippen molar-refractivity contribution in [1.82, 2.24) is 0 Å². The zero-order valence-electron chi connectivity index (χ0n) is 29.0. The Bertz CT molecular complexity index is 2490. The monoisotopic (exact) mass is 685 g/mol. The molecule has 1 aliphatic carbocycles. The Balaban J connectivity index is 0.000000250. The molecular formula is C50H39NS. The third kappa shape index (κ3) is 7.35. The summed E-state index contributed by atoms with van der Waals surface area (Å²) in [6.07, 6.45) is 12.6. The fourth-order valence-corrected chi connectivity index (χ4v) is 8.17. The topological polar surface area (TPSA) is 23.9 Å². The van der Waals surface area contributed by atoms with Crippen molar-refractivity contribution in [3.05, 3.63) is 205 Å². The first-order chi connectivity index (χ1) is 25.7. The van der Waals surface area contributed by atoms with Gasteiger partial charge in [0, 0.05) is 32.0 Å². The lowest BCUT2D eigenvalue weighted by atomic mass is 9.93. The molecule has 0 bridgehead atoms. The van der Waals surface area contributed by atoms with Gasteiger partial charge in [-0.25, -0.2) is 0 Å². The minimum atomic E-state index is 0.701. The maximum Gasteiger partial charge on any atom is 0.0361 e. The summed E-state index contributed by atoms with van der Waals surface area (Å²) in [6.45, 7) is 0. The van der Waals surface area contributed by atoms with Crippen LogP contribution in [0.1, 0.15) is 17.5 Å². The van der Waals surface area contributed by atoms with E-state index in [0.29, 0.717) is 5.92 Å². The van der Waals surface area contributed by atoms with Crippen LogP contribution in [-0.4, -0.2) is 6.21 Å². The average molecular weight is 686 g/mol. The van der Waals surface area contributed by atoms with Gasteiger partial charge in [-0.2, -0.15) is 0 Å². The molecule has 1 aliphatic rings. The second-order valence-electron chi connectivity index (χ2n) is 13.3. The molecule has 8 aromatic rings. The van der Waals surface area contributed by atoms with Gasteiger partial charge in [-0.1, -0.05) is 176 Å². The van der Waals surface area contributed by atoms with E-state index in [1.165, 1.54) is 89.3 Å². The second kappa shape index (κ2) is 15.4. The Hall–Kier alpha value is -6.09. The molecule has 1 unspecified atom stereocenters. The maximum atomic E-state index is 7.85. The lowest BCUT2D eigenvalue weighted by Gasteiger charge is -2.12. The minimum absolute atomic E-state index is 0.701. The highest BCUT2D eigenvalue weighted by molar-refractivity contribution is 7.25. The Labute approximate surface area is 310 Å². The number of hydrogen-bond donors (Lipinski definition) is 1. The predicted octanol–water partition coefficient (Wildman–Crippen LogP) is 14.1. The molecule has 0 radical (unpaired) electrons. The number of benzene rings is 7. The molecule has 0 aliphatic heterocycles. The van der Waals surface area contributed by atoms with E-state index in [4.69, 9.17) is 5.41 Å². The van der Waals surface area contributed by atoms with Crippen LogP contribution in [0.5, 0.6) is 0 Å². The number of rotatable bonds is 7. The van der Waals surface area contributed by atoms with Crippen molar-refractivity contribution in [2.45, 2.75) is 12.8 Å². The first kappa shape index (κ1) is 33.1. The van der Waals surface area contributed by atoms with Crippen LogP contribution in [0, 0.1) is 11.3 Å². The first-order valence-corrected chi connectivity index (χ1v) is 18.7. The van der Waals surface area contributed by atoms with E-state index >= 15 is 0 Å². The molecule has 0 fully saturated rings. The van der Waals surface area contributed by atoms with Gasteiger partial charge in [-0.15, -0.1) is 11.3 Å². The maximum absolute atomic E-state index is 7.85. The van der Waals surface area contributed by atoms with E-state index in [1.54, 1.807) is 11.3 Å². The largest absolute Gasteiger partial charge is 0.308 e. The highest BCUT2D eigenvalue weighted by atomic mass is 32.1. The molecule has 1 atom stereocenters. The van der Waals surface area contributed by atoms with E-state index in [2.05, 4.69) is 176 Å². The summed E-state index contributed by atoms with van der Waals surface area (Å²) in [5.41, 5.74) is 12.1. The summed E-state index contributed by atoms with van der Waals surface area (Å²) in [5, 5.41) is 10.3. The van der Waals surface area contributed by atoms with Gasteiger partial charge >= 0.3 is 0 Å². The van der Waals surface area contributed by atoms with E-state index in [0.717, 1.165) is 5.56 Å². The fourth-order valence-electron chi connectivity index (χ4n) is 7.05. The third-order valence-electron chi connectivity index (χ3n) is 9.85. The second-order valence-corrected chi connectivity index (χ2v) is 14.4. The quantitative estimate of drug-likeness (QED) is 0.162. The van der Waals surface area contributed by atoms with Crippen LogP contribution in [-0.2, 0) is 6.42 Å². The molecule has 9 rings (SSSR count). The summed E-state index contributed by atoms with van der Waals surface area (Å²) in [6, 6.07) is 60.5. The Morgan fingerprint density at radius 3 is 1.56 bits per heavy atom. The van der Waals surface area contributed by atoms with Crippen LogP contribution in [0.4, 0.5) is 0 Å². The Morgan fingerprint density at radius 1 is 0.500 bits per heavy atom. The number of nitrogens with one attached hydrogen (secondary N) is 1. The molecule has 0 saturated carbocycles. The van der Waals surface area contributed by atoms with Crippen molar-refractivity contribution >= 4 is 37.7 Å². The molecule has 1 nitrogen and oxygen atoms in total. The van der Waals surface area contributed by atoms with Crippen LogP contribution in [0.2, 0.25) is 0 Å². The molecule has 7 aromatic carbocycles. The van der Waals surface area contributed by atoms with E-state index in [-0.39, 0.29) is 0 Å².